The Bertz CT molecular complexity index is 627. The smallest absolute Gasteiger partial charge is 0.322 e. The maximum absolute atomic E-state index is 12.6. The number of urea groups is 1. The lowest BCUT2D eigenvalue weighted by molar-refractivity contribution is -0.135. The Morgan fingerprint density at radius 2 is 1.87 bits per heavy atom. The standard InChI is InChI=1S/C16H19N3O3S/c1-11(23-12-5-3-2-4-6-12)13(20)19-9-7-16(8-10-19)14(21)17-15(22)18-16/h2-6,11H,7-10H2,1H3,(H2,17,18,21,22). The normalized spacial score (nSPS) is 21.0. The Balaban J connectivity index is 1.58. The van der Waals surface area contributed by atoms with Crippen LogP contribution in [-0.2, 0) is 9.59 Å². The fourth-order valence-corrected chi connectivity index (χ4v) is 3.97. The monoisotopic (exact) mass is 333 g/mol. The van der Waals surface area contributed by atoms with E-state index in [-0.39, 0.29) is 17.1 Å². The van der Waals surface area contributed by atoms with E-state index in [4.69, 9.17) is 0 Å². The maximum atomic E-state index is 12.6. The molecule has 2 fully saturated rings. The number of thioether (sulfide) groups is 1. The first kappa shape index (κ1) is 15.9. The minimum atomic E-state index is -0.830. The van der Waals surface area contributed by atoms with Crippen LogP contribution in [0.2, 0.25) is 0 Å². The quantitative estimate of drug-likeness (QED) is 0.647. The van der Waals surface area contributed by atoms with Crippen LogP contribution in [0.5, 0.6) is 0 Å². The molecule has 0 radical (unpaired) electrons. The third kappa shape index (κ3) is 3.19. The number of nitrogens with one attached hydrogen (secondary N) is 2. The van der Waals surface area contributed by atoms with Crippen molar-refractivity contribution >= 4 is 29.6 Å². The molecule has 6 nitrogen and oxygen atoms in total. The van der Waals surface area contributed by atoms with Gasteiger partial charge in [-0.05, 0) is 31.9 Å². The van der Waals surface area contributed by atoms with E-state index in [0.717, 1.165) is 4.90 Å². The minimum Gasteiger partial charge on any atom is -0.342 e. The van der Waals surface area contributed by atoms with Gasteiger partial charge in [-0.15, -0.1) is 11.8 Å². The number of likely N-dealkylation sites (tertiary alicyclic amines) is 1. The number of benzene rings is 1. The topological polar surface area (TPSA) is 78.5 Å². The Morgan fingerprint density at radius 1 is 1.22 bits per heavy atom. The molecule has 7 heteroatoms. The second-order valence-electron chi connectivity index (χ2n) is 5.89. The van der Waals surface area contributed by atoms with Crippen LogP contribution in [0, 0.1) is 0 Å². The third-order valence-corrected chi connectivity index (χ3v) is 5.45. The van der Waals surface area contributed by atoms with Crippen molar-refractivity contribution in [3.05, 3.63) is 30.3 Å². The molecule has 23 heavy (non-hydrogen) atoms. The third-order valence-electron chi connectivity index (χ3n) is 4.35. The van der Waals surface area contributed by atoms with Crippen molar-refractivity contribution in [2.24, 2.45) is 0 Å². The van der Waals surface area contributed by atoms with Crippen LogP contribution < -0.4 is 10.6 Å². The van der Waals surface area contributed by atoms with Crippen molar-refractivity contribution in [1.29, 1.82) is 0 Å². The average molecular weight is 333 g/mol. The largest absolute Gasteiger partial charge is 0.342 e. The summed E-state index contributed by atoms with van der Waals surface area (Å²) >= 11 is 1.53. The molecule has 1 unspecified atom stereocenters. The lowest BCUT2D eigenvalue weighted by atomic mass is 9.87. The fourth-order valence-electron chi connectivity index (χ4n) is 3.00. The van der Waals surface area contributed by atoms with Gasteiger partial charge in [-0.2, -0.15) is 0 Å². The van der Waals surface area contributed by atoms with Crippen LogP contribution in [0.25, 0.3) is 0 Å². The van der Waals surface area contributed by atoms with Gasteiger partial charge in [0.1, 0.15) is 5.54 Å². The number of piperidine rings is 1. The number of hydrogen-bond donors (Lipinski definition) is 2. The van der Waals surface area contributed by atoms with Gasteiger partial charge in [-0.25, -0.2) is 4.79 Å². The molecule has 2 N–H and O–H groups in total. The average Bonchev–Trinajstić information content (AvgIpc) is 2.82. The van der Waals surface area contributed by atoms with Gasteiger partial charge in [0.2, 0.25) is 5.91 Å². The zero-order chi connectivity index (χ0) is 16.4. The van der Waals surface area contributed by atoms with Gasteiger partial charge < -0.3 is 10.2 Å². The lowest BCUT2D eigenvalue weighted by Gasteiger charge is -2.37. The molecule has 2 aliphatic heterocycles. The van der Waals surface area contributed by atoms with Gasteiger partial charge in [-0.1, -0.05) is 18.2 Å². The predicted molar refractivity (Wildman–Crippen MR) is 87.0 cm³/mol. The highest BCUT2D eigenvalue weighted by atomic mass is 32.2. The zero-order valence-electron chi connectivity index (χ0n) is 12.9. The number of hydrogen-bond acceptors (Lipinski definition) is 4. The predicted octanol–water partition coefficient (Wildman–Crippen LogP) is 1.37. The van der Waals surface area contributed by atoms with Crippen LogP contribution in [-0.4, -0.2) is 46.6 Å². The molecule has 0 aliphatic carbocycles. The Kier molecular flexibility index (Phi) is 4.30. The summed E-state index contributed by atoms with van der Waals surface area (Å²) in [6.45, 7) is 2.85. The van der Waals surface area contributed by atoms with E-state index in [9.17, 15) is 14.4 Å². The molecule has 2 heterocycles. The molecule has 2 aliphatic rings. The van der Waals surface area contributed by atoms with Gasteiger partial charge in [0.25, 0.3) is 5.91 Å². The number of carbonyl (C=O) groups is 3. The lowest BCUT2D eigenvalue weighted by Crippen LogP contribution is -2.56. The highest BCUT2D eigenvalue weighted by molar-refractivity contribution is 8.00. The second kappa shape index (κ2) is 6.23. The molecule has 1 aromatic rings. The molecule has 4 amide bonds. The number of carbonyl (C=O) groups excluding carboxylic acids is 3. The SMILES string of the molecule is CC(Sc1ccccc1)C(=O)N1CCC2(CC1)NC(=O)NC2=O. The van der Waals surface area contributed by atoms with Crippen LogP contribution in [0.4, 0.5) is 4.79 Å². The van der Waals surface area contributed by atoms with Crippen LogP contribution >= 0.6 is 11.8 Å². The summed E-state index contributed by atoms with van der Waals surface area (Å²) < 4.78 is 0. The molecule has 1 aromatic carbocycles. The molecule has 0 saturated carbocycles. The van der Waals surface area contributed by atoms with Crippen molar-refractivity contribution < 1.29 is 14.4 Å². The van der Waals surface area contributed by atoms with E-state index in [1.807, 2.05) is 37.3 Å². The molecule has 1 spiro atoms. The van der Waals surface area contributed by atoms with Gasteiger partial charge in [-0.3, -0.25) is 14.9 Å². The van der Waals surface area contributed by atoms with Crippen LogP contribution in [0.3, 0.4) is 0 Å². The first-order chi connectivity index (χ1) is 11.0. The summed E-state index contributed by atoms with van der Waals surface area (Å²) in [5.41, 5.74) is -0.830. The fraction of sp³-hybridized carbons (Fsp3) is 0.438. The summed E-state index contributed by atoms with van der Waals surface area (Å²) in [5.74, 6) is -0.209. The highest BCUT2D eigenvalue weighted by Gasteiger charge is 2.48. The Labute approximate surface area is 139 Å². The maximum Gasteiger partial charge on any atom is 0.322 e. The molecular formula is C16H19N3O3S. The van der Waals surface area contributed by atoms with Gasteiger partial charge in [0.05, 0.1) is 5.25 Å². The molecule has 0 aromatic heterocycles. The van der Waals surface area contributed by atoms with Crippen molar-refractivity contribution in [3.63, 3.8) is 0 Å². The van der Waals surface area contributed by atoms with E-state index in [0.29, 0.717) is 25.9 Å². The summed E-state index contributed by atoms with van der Waals surface area (Å²) in [7, 11) is 0. The van der Waals surface area contributed by atoms with Crippen molar-refractivity contribution in [1.82, 2.24) is 15.5 Å². The van der Waals surface area contributed by atoms with E-state index in [2.05, 4.69) is 10.6 Å². The first-order valence-corrected chi connectivity index (χ1v) is 8.52. The molecule has 122 valence electrons. The van der Waals surface area contributed by atoms with E-state index in [1.165, 1.54) is 11.8 Å². The summed E-state index contributed by atoms with van der Waals surface area (Å²) in [6, 6.07) is 9.37. The minimum absolute atomic E-state index is 0.0680. The zero-order valence-corrected chi connectivity index (χ0v) is 13.7. The summed E-state index contributed by atoms with van der Waals surface area (Å²) in [4.78, 5) is 38.6. The number of imide groups is 1. The van der Waals surface area contributed by atoms with E-state index in [1.54, 1.807) is 4.90 Å². The molecule has 3 rings (SSSR count). The highest BCUT2D eigenvalue weighted by Crippen LogP contribution is 2.29. The van der Waals surface area contributed by atoms with E-state index >= 15 is 0 Å². The van der Waals surface area contributed by atoms with Crippen LogP contribution in [0.15, 0.2) is 35.2 Å². The van der Waals surface area contributed by atoms with Crippen molar-refractivity contribution in [2.75, 3.05) is 13.1 Å². The summed E-state index contributed by atoms with van der Waals surface area (Å²) in [6.07, 6.45) is 0.915. The Hall–Kier alpha value is -2.02. The van der Waals surface area contributed by atoms with Gasteiger partial charge in [0, 0.05) is 18.0 Å². The van der Waals surface area contributed by atoms with E-state index < -0.39 is 11.6 Å². The molecule has 2 saturated heterocycles. The van der Waals surface area contributed by atoms with Gasteiger partial charge >= 0.3 is 6.03 Å². The van der Waals surface area contributed by atoms with Crippen molar-refractivity contribution in [3.8, 4) is 0 Å². The Morgan fingerprint density at radius 3 is 2.43 bits per heavy atom. The van der Waals surface area contributed by atoms with Crippen LogP contribution in [0.1, 0.15) is 19.8 Å². The number of rotatable bonds is 3. The first-order valence-electron chi connectivity index (χ1n) is 7.64. The molecule has 0 bridgehead atoms. The van der Waals surface area contributed by atoms with Gasteiger partial charge in [0.15, 0.2) is 0 Å². The number of amides is 4. The molecular weight excluding hydrogens is 314 g/mol. The molecule has 1 atom stereocenters. The number of nitrogens with zero attached hydrogens (tertiary/aromatic N) is 1. The second-order valence-corrected chi connectivity index (χ2v) is 7.30. The van der Waals surface area contributed by atoms with Crippen molar-refractivity contribution in [2.45, 2.75) is 35.4 Å². The summed E-state index contributed by atoms with van der Waals surface area (Å²) in [5, 5.41) is 4.80.